The first-order valence-electron chi connectivity index (χ1n) is 16.5. The Bertz CT molecular complexity index is 1160. The molecule has 0 amide bonds. The summed E-state index contributed by atoms with van der Waals surface area (Å²) in [6.45, 7) is 4.48. The molecule has 0 unspecified atom stereocenters. The summed E-state index contributed by atoms with van der Waals surface area (Å²) in [5, 5.41) is 0. The van der Waals surface area contributed by atoms with Crippen molar-refractivity contribution in [2.45, 2.75) is 129 Å². The van der Waals surface area contributed by atoms with E-state index in [2.05, 4.69) is 23.8 Å². The first-order valence-corrected chi connectivity index (χ1v) is 16.5. The van der Waals surface area contributed by atoms with Gasteiger partial charge in [0.1, 0.15) is 11.6 Å². The van der Waals surface area contributed by atoms with Gasteiger partial charge >= 0.3 is 5.97 Å². The van der Waals surface area contributed by atoms with Gasteiger partial charge in [-0.05, 0) is 55.0 Å². The summed E-state index contributed by atoms with van der Waals surface area (Å²) in [5.41, 5.74) is 3.06. The van der Waals surface area contributed by atoms with Crippen molar-refractivity contribution in [3.05, 3.63) is 77.4 Å². The van der Waals surface area contributed by atoms with Crippen LogP contribution >= 0.6 is 0 Å². The molecular weight excluding hydrogens is 523 g/mol. The van der Waals surface area contributed by atoms with Crippen LogP contribution in [0.5, 0.6) is 5.75 Å². The normalized spacial score (nSPS) is 11.1. The lowest BCUT2D eigenvalue weighted by molar-refractivity contribution is 0.0734. The van der Waals surface area contributed by atoms with Gasteiger partial charge in [-0.3, -0.25) is 0 Å². The Morgan fingerprint density at radius 1 is 0.667 bits per heavy atom. The molecule has 0 aliphatic rings. The maximum absolute atomic E-state index is 14.6. The summed E-state index contributed by atoms with van der Waals surface area (Å²) in [4.78, 5) is 21.7. The van der Waals surface area contributed by atoms with Crippen molar-refractivity contribution >= 4 is 5.97 Å². The van der Waals surface area contributed by atoms with E-state index in [-0.39, 0.29) is 11.6 Å². The quantitative estimate of drug-likeness (QED) is 0.0721. The van der Waals surface area contributed by atoms with Gasteiger partial charge in [-0.2, -0.15) is 0 Å². The van der Waals surface area contributed by atoms with E-state index in [0.29, 0.717) is 23.4 Å². The van der Waals surface area contributed by atoms with Crippen molar-refractivity contribution in [2.24, 2.45) is 0 Å². The van der Waals surface area contributed by atoms with Gasteiger partial charge in [0.05, 0.1) is 5.56 Å². The Hall–Kier alpha value is -3.08. The summed E-state index contributed by atoms with van der Waals surface area (Å²) in [5.74, 6) is 0.0143. The Balaban J connectivity index is 1.39. The lowest BCUT2D eigenvalue weighted by Crippen LogP contribution is -2.09. The van der Waals surface area contributed by atoms with Gasteiger partial charge in [0.25, 0.3) is 0 Å². The monoisotopic (exact) mass is 574 g/mol. The molecule has 1 aromatic heterocycles. The zero-order chi connectivity index (χ0) is 29.8. The second-order valence-corrected chi connectivity index (χ2v) is 11.6. The fourth-order valence-electron chi connectivity index (χ4n) is 5.26. The number of hydrogen-bond acceptors (Lipinski definition) is 4. The number of aryl methyl sites for hydroxylation is 2. The van der Waals surface area contributed by atoms with Crippen molar-refractivity contribution in [3.63, 3.8) is 0 Å². The number of aromatic nitrogens is 2. The predicted molar refractivity (Wildman–Crippen MR) is 171 cm³/mol. The van der Waals surface area contributed by atoms with Crippen LogP contribution < -0.4 is 4.74 Å². The first-order chi connectivity index (χ1) is 20.6. The van der Waals surface area contributed by atoms with Gasteiger partial charge in [0.15, 0.2) is 5.82 Å². The van der Waals surface area contributed by atoms with Gasteiger partial charge in [-0.1, -0.05) is 122 Å². The van der Waals surface area contributed by atoms with Crippen LogP contribution in [0.25, 0.3) is 11.4 Å². The number of hydrogen-bond donors (Lipinski definition) is 0. The van der Waals surface area contributed by atoms with Crippen molar-refractivity contribution in [2.75, 3.05) is 0 Å². The van der Waals surface area contributed by atoms with E-state index in [0.717, 1.165) is 30.4 Å². The Labute approximate surface area is 253 Å². The number of ether oxygens (including phenoxy) is 1. The lowest BCUT2D eigenvalue weighted by atomic mass is 10.0. The SMILES string of the molecule is CCCCCCCCCCc1cnc(-c2ccc(C(=O)Oc3ccc(CCCCCCCCCC)c(F)c3)cc2)nc1. The molecule has 0 spiro atoms. The molecule has 0 atom stereocenters. The van der Waals surface area contributed by atoms with Gasteiger partial charge in [0.2, 0.25) is 0 Å². The molecule has 5 heteroatoms. The van der Waals surface area contributed by atoms with E-state index in [4.69, 9.17) is 4.74 Å². The molecule has 0 radical (unpaired) electrons. The molecule has 42 heavy (non-hydrogen) atoms. The Kier molecular flexibility index (Phi) is 15.9. The minimum atomic E-state index is -0.515. The number of esters is 1. The minimum absolute atomic E-state index is 0.219. The number of halogens is 1. The summed E-state index contributed by atoms with van der Waals surface area (Å²) < 4.78 is 20.1. The molecule has 0 aliphatic carbocycles. The van der Waals surface area contributed by atoms with Crippen molar-refractivity contribution in [1.82, 2.24) is 9.97 Å². The fraction of sp³-hybridized carbons (Fsp3) is 0.541. The zero-order valence-corrected chi connectivity index (χ0v) is 26.0. The van der Waals surface area contributed by atoms with Gasteiger partial charge in [-0.15, -0.1) is 0 Å². The van der Waals surface area contributed by atoms with Gasteiger partial charge < -0.3 is 4.74 Å². The number of rotatable bonds is 21. The van der Waals surface area contributed by atoms with Crippen molar-refractivity contribution in [3.8, 4) is 17.1 Å². The Morgan fingerprint density at radius 2 is 1.19 bits per heavy atom. The molecule has 228 valence electrons. The third-order valence-corrected chi connectivity index (χ3v) is 7.94. The molecule has 0 aliphatic heterocycles. The lowest BCUT2D eigenvalue weighted by Gasteiger charge is -2.08. The van der Waals surface area contributed by atoms with Crippen LogP contribution in [-0.2, 0) is 12.8 Å². The average molecular weight is 575 g/mol. The van der Waals surface area contributed by atoms with E-state index < -0.39 is 5.97 Å². The predicted octanol–water partition coefficient (Wildman–Crippen LogP) is 10.9. The molecule has 0 fully saturated rings. The second kappa shape index (κ2) is 19.9. The molecule has 0 saturated heterocycles. The number of carbonyl (C=O) groups is 1. The number of nitrogens with zero attached hydrogens (tertiary/aromatic N) is 2. The van der Waals surface area contributed by atoms with Crippen LogP contribution in [0.3, 0.4) is 0 Å². The van der Waals surface area contributed by atoms with E-state index in [9.17, 15) is 9.18 Å². The van der Waals surface area contributed by atoms with Crippen LogP contribution in [0.15, 0.2) is 54.9 Å². The van der Waals surface area contributed by atoms with E-state index in [1.54, 1.807) is 24.3 Å². The summed E-state index contributed by atoms with van der Waals surface area (Å²) in [7, 11) is 0. The van der Waals surface area contributed by atoms with Gasteiger partial charge in [0, 0.05) is 24.0 Å². The third-order valence-electron chi connectivity index (χ3n) is 7.94. The molecule has 0 N–H and O–H groups in total. The van der Waals surface area contributed by atoms with E-state index >= 15 is 0 Å². The van der Waals surface area contributed by atoms with Crippen molar-refractivity contribution < 1.29 is 13.9 Å². The van der Waals surface area contributed by atoms with Crippen LogP contribution in [0.4, 0.5) is 4.39 Å². The highest BCUT2D eigenvalue weighted by atomic mass is 19.1. The van der Waals surface area contributed by atoms with E-state index in [1.165, 1.54) is 96.0 Å². The van der Waals surface area contributed by atoms with E-state index in [1.807, 2.05) is 24.5 Å². The van der Waals surface area contributed by atoms with Crippen LogP contribution in [0.2, 0.25) is 0 Å². The topological polar surface area (TPSA) is 52.1 Å². The molecule has 3 aromatic rings. The highest BCUT2D eigenvalue weighted by Gasteiger charge is 2.12. The molecular formula is C37H51FN2O2. The maximum Gasteiger partial charge on any atom is 0.343 e. The molecule has 4 nitrogen and oxygen atoms in total. The van der Waals surface area contributed by atoms with Crippen LogP contribution in [0, 0.1) is 5.82 Å². The molecule has 0 bridgehead atoms. The summed E-state index contributed by atoms with van der Waals surface area (Å²) in [6.07, 6.45) is 25.7. The smallest absolute Gasteiger partial charge is 0.343 e. The fourth-order valence-corrected chi connectivity index (χ4v) is 5.26. The second-order valence-electron chi connectivity index (χ2n) is 11.6. The molecule has 3 rings (SSSR count). The molecule has 0 saturated carbocycles. The number of unbranched alkanes of at least 4 members (excludes halogenated alkanes) is 14. The highest BCUT2D eigenvalue weighted by Crippen LogP contribution is 2.22. The molecule has 1 heterocycles. The molecule has 2 aromatic carbocycles. The van der Waals surface area contributed by atoms with Crippen molar-refractivity contribution in [1.29, 1.82) is 0 Å². The largest absolute Gasteiger partial charge is 0.423 e. The number of benzene rings is 2. The third kappa shape index (κ3) is 12.4. The maximum atomic E-state index is 14.6. The number of carbonyl (C=O) groups excluding carboxylic acids is 1. The standard InChI is InChI=1S/C37H51FN2O2/c1-3-5-7-9-11-13-15-17-19-30-28-39-36(40-29-30)32-21-23-33(24-22-32)37(41)42-34-26-25-31(35(38)27-34)20-18-16-14-12-10-8-6-4-2/h21-29H,3-20H2,1-2H3. The highest BCUT2D eigenvalue weighted by molar-refractivity contribution is 5.91. The van der Waals surface area contributed by atoms with Crippen LogP contribution in [0.1, 0.15) is 138 Å². The first kappa shape index (κ1) is 33.4. The summed E-state index contributed by atoms with van der Waals surface area (Å²) >= 11 is 0. The van der Waals surface area contributed by atoms with Crippen LogP contribution in [-0.4, -0.2) is 15.9 Å². The summed E-state index contributed by atoms with van der Waals surface area (Å²) in [6, 6.07) is 11.8. The zero-order valence-electron chi connectivity index (χ0n) is 26.0. The minimum Gasteiger partial charge on any atom is -0.423 e. The average Bonchev–Trinajstić information content (AvgIpc) is 3.01. The van der Waals surface area contributed by atoms with Gasteiger partial charge in [-0.25, -0.2) is 19.2 Å². The Morgan fingerprint density at radius 3 is 1.74 bits per heavy atom.